The van der Waals surface area contributed by atoms with Gasteiger partial charge in [0.1, 0.15) is 12.2 Å². The molecule has 2 aromatic heterocycles. The first-order valence-corrected chi connectivity index (χ1v) is 9.62. The van der Waals surface area contributed by atoms with Crippen LogP contribution < -0.4 is 5.32 Å². The van der Waals surface area contributed by atoms with Gasteiger partial charge in [-0.15, -0.1) is 0 Å². The van der Waals surface area contributed by atoms with Gasteiger partial charge in [0.25, 0.3) is 0 Å². The van der Waals surface area contributed by atoms with Gasteiger partial charge in [0, 0.05) is 17.6 Å². The number of hydrogen-bond acceptors (Lipinski definition) is 4. The summed E-state index contributed by atoms with van der Waals surface area (Å²) in [5.41, 5.74) is 3.59. The minimum absolute atomic E-state index is 0.635. The summed E-state index contributed by atoms with van der Waals surface area (Å²) in [6.45, 7) is 13.3. The highest BCUT2D eigenvalue weighted by molar-refractivity contribution is 5.79. The molecule has 0 saturated carbocycles. The minimum atomic E-state index is 0.635. The molecular weight excluding hydrogens is 322 g/mol. The van der Waals surface area contributed by atoms with Crippen LogP contribution in [0.1, 0.15) is 57.1 Å². The molecule has 0 spiro atoms. The third-order valence-electron chi connectivity index (χ3n) is 4.51. The monoisotopic (exact) mass is 353 g/mol. The Morgan fingerprint density at radius 2 is 2.00 bits per heavy atom. The quantitative estimate of drug-likeness (QED) is 0.739. The number of rotatable bonds is 2. The van der Waals surface area contributed by atoms with E-state index in [0.717, 1.165) is 36.7 Å². The molecule has 3 heterocycles. The molecule has 0 bridgehead atoms. The second kappa shape index (κ2) is 10.0. The highest BCUT2D eigenvalue weighted by Crippen LogP contribution is 2.22. The Kier molecular flexibility index (Phi) is 7.73. The fourth-order valence-electron chi connectivity index (χ4n) is 2.79. The Morgan fingerprint density at radius 3 is 2.73 bits per heavy atom. The molecule has 5 nitrogen and oxygen atoms in total. The average Bonchev–Trinajstić information content (AvgIpc) is 3.18. The van der Waals surface area contributed by atoms with E-state index in [1.807, 2.05) is 25.5 Å². The number of nitrogens with one attached hydrogen (secondary N) is 1. The van der Waals surface area contributed by atoms with Gasteiger partial charge in [-0.2, -0.15) is 5.10 Å². The molecule has 0 amide bonds. The van der Waals surface area contributed by atoms with Gasteiger partial charge in [-0.1, -0.05) is 39.8 Å². The van der Waals surface area contributed by atoms with Crippen molar-refractivity contribution in [2.24, 2.45) is 0 Å². The van der Waals surface area contributed by atoms with Crippen LogP contribution in [0.15, 0.2) is 36.7 Å². The maximum atomic E-state index is 4.50. The van der Waals surface area contributed by atoms with E-state index in [1.165, 1.54) is 17.4 Å². The van der Waals surface area contributed by atoms with Gasteiger partial charge in [-0.05, 0) is 43.0 Å². The maximum Gasteiger partial charge on any atom is 0.140 e. The van der Waals surface area contributed by atoms with E-state index in [9.17, 15) is 0 Å². The van der Waals surface area contributed by atoms with Gasteiger partial charge in [0.05, 0.1) is 18.6 Å². The highest BCUT2D eigenvalue weighted by Gasteiger charge is 2.07. The van der Waals surface area contributed by atoms with Crippen LogP contribution in [0, 0.1) is 6.92 Å². The van der Waals surface area contributed by atoms with Gasteiger partial charge in [-0.25, -0.2) is 9.67 Å². The summed E-state index contributed by atoms with van der Waals surface area (Å²) >= 11 is 0. The van der Waals surface area contributed by atoms with Gasteiger partial charge >= 0.3 is 0 Å². The van der Waals surface area contributed by atoms with Crippen molar-refractivity contribution in [3.63, 3.8) is 0 Å². The SMILES string of the molecule is CC.CCC(C)c1ccc2nc(C)ccc2c1.c1nc2n(n1)CCNC2. The van der Waals surface area contributed by atoms with Gasteiger partial charge in [-0.3, -0.25) is 4.98 Å². The van der Waals surface area contributed by atoms with Crippen molar-refractivity contribution in [2.45, 2.75) is 60.0 Å². The van der Waals surface area contributed by atoms with Crippen molar-refractivity contribution in [1.82, 2.24) is 25.1 Å². The summed E-state index contributed by atoms with van der Waals surface area (Å²) in [6, 6.07) is 10.8. The van der Waals surface area contributed by atoms with E-state index >= 15 is 0 Å². The molecule has 1 aliphatic rings. The van der Waals surface area contributed by atoms with E-state index in [1.54, 1.807) is 6.33 Å². The predicted molar refractivity (Wildman–Crippen MR) is 108 cm³/mol. The predicted octanol–water partition coefficient (Wildman–Crippen LogP) is 4.46. The van der Waals surface area contributed by atoms with Crippen LogP contribution >= 0.6 is 0 Å². The molecular formula is C21H31N5. The zero-order valence-electron chi connectivity index (χ0n) is 16.7. The second-order valence-corrected chi connectivity index (χ2v) is 6.29. The van der Waals surface area contributed by atoms with Crippen LogP contribution in [0.4, 0.5) is 0 Å². The first-order valence-electron chi connectivity index (χ1n) is 9.62. The second-order valence-electron chi connectivity index (χ2n) is 6.29. The summed E-state index contributed by atoms with van der Waals surface area (Å²) in [5.74, 6) is 1.68. The van der Waals surface area contributed by atoms with Gasteiger partial charge in [0.15, 0.2) is 0 Å². The lowest BCUT2D eigenvalue weighted by Gasteiger charge is -2.11. The number of aryl methyl sites for hydroxylation is 1. The Morgan fingerprint density at radius 1 is 1.19 bits per heavy atom. The van der Waals surface area contributed by atoms with E-state index in [0.29, 0.717) is 5.92 Å². The van der Waals surface area contributed by atoms with Crippen molar-refractivity contribution >= 4 is 10.9 Å². The average molecular weight is 354 g/mol. The van der Waals surface area contributed by atoms with Crippen LogP contribution in [-0.4, -0.2) is 26.3 Å². The lowest BCUT2D eigenvalue weighted by molar-refractivity contribution is 0.468. The zero-order chi connectivity index (χ0) is 18.9. The lowest BCUT2D eigenvalue weighted by atomic mass is 9.97. The van der Waals surface area contributed by atoms with E-state index < -0.39 is 0 Å². The summed E-state index contributed by atoms with van der Waals surface area (Å²) in [5, 5.41) is 8.47. The number of pyridine rings is 1. The largest absolute Gasteiger partial charge is 0.308 e. The number of hydrogen-bond donors (Lipinski definition) is 1. The van der Waals surface area contributed by atoms with E-state index in [4.69, 9.17) is 0 Å². The zero-order valence-corrected chi connectivity index (χ0v) is 16.7. The summed E-state index contributed by atoms with van der Waals surface area (Å²) in [4.78, 5) is 8.55. The molecule has 140 valence electrons. The third kappa shape index (κ3) is 5.11. The summed E-state index contributed by atoms with van der Waals surface area (Å²) in [7, 11) is 0. The summed E-state index contributed by atoms with van der Waals surface area (Å²) in [6.07, 6.45) is 2.78. The third-order valence-corrected chi connectivity index (χ3v) is 4.51. The Hall–Kier alpha value is -2.27. The molecule has 1 aromatic carbocycles. The molecule has 26 heavy (non-hydrogen) atoms. The van der Waals surface area contributed by atoms with Crippen LogP contribution in [-0.2, 0) is 13.1 Å². The molecule has 3 aromatic rings. The van der Waals surface area contributed by atoms with Crippen LogP contribution in [0.3, 0.4) is 0 Å². The molecule has 0 saturated heterocycles. The van der Waals surface area contributed by atoms with Gasteiger partial charge < -0.3 is 5.32 Å². The van der Waals surface area contributed by atoms with E-state index in [-0.39, 0.29) is 0 Å². The molecule has 1 N–H and O–H groups in total. The van der Waals surface area contributed by atoms with Crippen molar-refractivity contribution in [3.05, 3.63) is 53.7 Å². The Bertz CT molecular complexity index is 789. The molecule has 0 fully saturated rings. The molecule has 1 unspecified atom stereocenters. The fourth-order valence-corrected chi connectivity index (χ4v) is 2.79. The Balaban J connectivity index is 0.000000188. The minimum Gasteiger partial charge on any atom is -0.308 e. The molecule has 5 heteroatoms. The maximum absolute atomic E-state index is 4.50. The van der Waals surface area contributed by atoms with E-state index in [2.05, 4.69) is 64.6 Å². The molecule has 4 rings (SSSR count). The van der Waals surface area contributed by atoms with Gasteiger partial charge in [0.2, 0.25) is 0 Å². The van der Waals surface area contributed by atoms with Crippen molar-refractivity contribution < 1.29 is 0 Å². The fraction of sp³-hybridized carbons (Fsp3) is 0.476. The molecule has 0 radical (unpaired) electrons. The number of fused-ring (bicyclic) bond motifs is 2. The summed E-state index contributed by atoms with van der Waals surface area (Å²) < 4.78 is 1.93. The molecule has 0 aliphatic carbocycles. The number of nitrogens with zero attached hydrogens (tertiary/aromatic N) is 4. The standard InChI is InChI=1S/C14H17N.C5H8N4.C2H6/c1-4-10(2)12-7-8-14-13(9-12)6-5-11(3)15-14;1-2-9-5(3-6-1)7-4-8-9;1-2/h5-10H,4H2,1-3H3;4,6H,1-3H2;1-2H3. The van der Waals surface area contributed by atoms with Crippen LogP contribution in [0.25, 0.3) is 10.9 Å². The molecule has 1 aliphatic heterocycles. The number of aromatic nitrogens is 4. The van der Waals surface area contributed by atoms with Crippen LogP contribution in [0.5, 0.6) is 0 Å². The highest BCUT2D eigenvalue weighted by atomic mass is 15.4. The van der Waals surface area contributed by atoms with Crippen molar-refractivity contribution in [1.29, 1.82) is 0 Å². The van der Waals surface area contributed by atoms with Crippen molar-refractivity contribution in [3.8, 4) is 0 Å². The molecule has 1 atom stereocenters. The van der Waals surface area contributed by atoms with Crippen LogP contribution in [0.2, 0.25) is 0 Å². The number of benzene rings is 1. The topological polar surface area (TPSA) is 55.6 Å². The first kappa shape index (κ1) is 20.0. The first-order chi connectivity index (χ1) is 12.7. The van der Waals surface area contributed by atoms with Crippen molar-refractivity contribution in [2.75, 3.05) is 6.54 Å². The smallest absolute Gasteiger partial charge is 0.140 e. The Labute approximate surface area is 156 Å². The lowest BCUT2D eigenvalue weighted by Crippen LogP contribution is -2.28. The normalized spacial score (nSPS) is 13.7.